The highest BCUT2D eigenvalue weighted by molar-refractivity contribution is 5.81. The summed E-state index contributed by atoms with van der Waals surface area (Å²) in [6.45, 7) is 4.43. The number of hydrogen-bond acceptors (Lipinski definition) is 5. The molecular weight excluding hydrogens is 363 g/mol. The number of ether oxygens (including phenoxy) is 3. The van der Waals surface area contributed by atoms with Crippen molar-refractivity contribution in [3.8, 4) is 17.2 Å². The number of rotatable bonds is 9. The molecule has 28 heavy (non-hydrogen) atoms. The summed E-state index contributed by atoms with van der Waals surface area (Å²) < 4.78 is 29.1. The number of nitrogens with one attached hydrogen (secondary N) is 1. The third kappa shape index (κ3) is 5.28. The second-order valence-electron chi connectivity index (χ2n) is 6.51. The number of nitrogens with zero attached hydrogens (tertiary/aromatic N) is 1. The van der Waals surface area contributed by atoms with Crippen molar-refractivity contribution in [2.24, 2.45) is 0 Å². The average Bonchev–Trinajstić information content (AvgIpc) is 2.70. The zero-order chi connectivity index (χ0) is 20.7. The Bertz CT molecular complexity index is 768. The number of anilines is 1. The Morgan fingerprint density at radius 3 is 2.07 bits per heavy atom. The first kappa shape index (κ1) is 21.3. The number of carbonyl (C=O) groups excluding carboxylic acids is 1. The maximum atomic E-state index is 13.2. The first-order valence-corrected chi connectivity index (χ1v) is 8.97. The van der Waals surface area contributed by atoms with Crippen LogP contribution in [0.1, 0.15) is 19.4 Å². The molecular formula is C21H27FN2O4. The van der Waals surface area contributed by atoms with Crippen LogP contribution in [0.2, 0.25) is 0 Å². The van der Waals surface area contributed by atoms with Crippen molar-refractivity contribution in [3.63, 3.8) is 0 Å². The Balaban J connectivity index is 2.07. The van der Waals surface area contributed by atoms with Gasteiger partial charge in [-0.3, -0.25) is 4.79 Å². The highest BCUT2D eigenvalue weighted by Crippen LogP contribution is 2.38. The van der Waals surface area contributed by atoms with Gasteiger partial charge in [-0.05, 0) is 55.8 Å². The normalized spacial score (nSPS) is 10.5. The summed E-state index contributed by atoms with van der Waals surface area (Å²) in [5, 5.41) is 2.90. The number of amides is 1. The zero-order valence-electron chi connectivity index (χ0n) is 16.9. The second kappa shape index (κ2) is 9.82. The van der Waals surface area contributed by atoms with E-state index < -0.39 is 0 Å². The van der Waals surface area contributed by atoms with Gasteiger partial charge >= 0.3 is 0 Å². The summed E-state index contributed by atoms with van der Waals surface area (Å²) in [7, 11) is 4.63. The van der Waals surface area contributed by atoms with Gasteiger partial charge in [0, 0.05) is 18.3 Å². The molecule has 0 atom stereocenters. The minimum Gasteiger partial charge on any atom is -0.493 e. The Morgan fingerprint density at radius 1 is 1.04 bits per heavy atom. The summed E-state index contributed by atoms with van der Waals surface area (Å²) in [4.78, 5) is 14.4. The van der Waals surface area contributed by atoms with Gasteiger partial charge in [-0.2, -0.15) is 0 Å². The lowest BCUT2D eigenvalue weighted by Gasteiger charge is -2.28. The lowest BCUT2D eigenvalue weighted by Crippen LogP contribution is -2.40. The number of carbonyl (C=O) groups is 1. The van der Waals surface area contributed by atoms with Crippen molar-refractivity contribution < 1.29 is 23.4 Å². The number of hydrogen-bond donors (Lipinski definition) is 1. The summed E-state index contributed by atoms with van der Waals surface area (Å²) in [5.41, 5.74) is 1.61. The van der Waals surface area contributed by atoms with Crippen molar-refractivity contribution in [2.75, 3.05) is 32.8 Å². The van der Waals surface area contributed by atoms with Gasteiger partial charge in [0.05, 0.1) is 27.9 Å². The van der Waals surface area contributed by atoms with Gasteiger partial charge in [-0.15, -0.1) is 0 Å². The summed E-state index contributed by atoms with van der Waals surface area (Å²) in [5.74, 6) is 1.11. The zero-order valence-corrected chi connectivity index (χ0v) is 16.9. The molecule has 0 unspecified atom stereocenters. The molecule has 0 aliphatic carbocycles. The summed E-state index contributed by atoms with van der Waals surface area (Å²) >= 11 is 0. The molecule has 0 aromatic heterocycles. The van der Waals surface area contributed by atoms with Crippen LogP contribution in [-0.4, -0.2) is 39.8 Å². The van der Waals surface area contributed by atoms with Gasteiger partial charge in [0.1, 0.15) is 5.82 Å². The molecule has 152 valence electrons. The third-order valence-electron chi connectivity index (χ3n) is 4.31. The molecule has 0 saturated heterocycles. The molecule has 0 spiro atoms. The van der Waals surface area contributed by atoms with Crippen LogP contribution in [0.3, 0.4) is 0 Å². The Labute approximate surface area is 165 Å². The van der Waals surface area contributed by atoms with E-state index in [1.807, 2.05) is 18.7 Å². The average molecular weight is 390 g/mol. The first-order valence-electron chi connectivity index (χ1n) is 8.97. The van der Waals surface area contributed by atoms with Gasteiger partial charge in [0.15, 0.2) is 11.5 Å². The van der Waals surface area contributed by atoms with E-state index in [9.17, 15) is 9.18 Å². The molecule has 0 fully saturated rings. The molecule has 0 radical (unpaired) electrons. The van der Waals surface area contributed by atoms with Crippen molar-refractivity contribution in [3.05, 3.63) is 47.8 Å². The molecule has 7 heteroatoms. The fraction of sp³-hybridized carbons (Fsp3) is 0.381. The Morgan fingerprint density at radius 2 is 1.61 bits per heavy atom. The predicted molar refractivity (Wildman–Crippen MR) is 107 cm³/mol. The lowest BCUT2D eigenvalue weighted by atomic mass is 10.1. The highest BCUT2D eigenvalue weighted by Gasteiger charge is 2.16. The number of methoxy groups -OCH3 is 3. The molecule has 2 aromatic rings. The van der Waals surface area contributed by atoms with Crippen molar-refractivity contribution >= 4 is 11.6 Å². The van der Waals surface area contributed by atoms with E-state index in [1.54, 1.807) is 38.5 Å². The van der Waals surface area contributed by atoms with Crippen LogP contribution in [0.25, 0.3) is 0 Å². The maximum Gasteiger partial charge on any atom is 0.239 e. The molecule has 0 aliphatic rings. The number of benzene rings is 2. The van der Waals surface area contributed by atoms with E-state index in [4.69, 9.17) is 14.2 Å². The fourth-order valence-corrected chi connectivity index (χ4v) is 2.85. The standard InChI is InChI=1S/C21H27FN2O4/c1-14(2)24(17-8-6-16(22)7-9-17)13-20(25)23-12-15-10-18(26-3)21(28-5)19(11-15)27-4/h6-11,14H,12-13H2,1-5H3,(H,23,25). The fourth-order valence-electron chi connectivity index (χ4n) is 2.85. The topological polar surface area (TPSA) is 60.0 Å². The smallest absolute Gasteiger partial charge is 0.239 e. The molecule has 2 rings (SSSR count). The third-order valence-corrected chi connectivity index (χ3v) is 4.31. The summed E-state index contributed by atoms with van der Waals surface area (Å²) in [6.07, 6.45) is 0. The largest absolute Gasteiger partial charge is 0.493 e. The van der Waals surface area contributed by atoms with Crippen LogP contribution in [0.5, 0.6) is 17.2 Å². The van der Waals surface area contributed by atoms with Crippen LogP contribution in [0.4, 0.5) is 10.1 Å². The Hall–Kier alpha value is -2.96. The van der Waals surface area contributed by atoms with Gasteiger partial charge in [0.25, 0.3) is 0 Å². The molecule has 1 N–H and O–H groups in total. The van der Waals surface area contributed by atoms with E-state index >= 15 is 0 Å². The first-order chi connectivity index (χ1) is 13.4. The molecule has 0 saturated carbocycles. The molecule has 1 amide bonds. The predicted octanol–water partition coefficient (Wildman–Crippen LogP) is 3.38. The monoisotopic (exact) mass is 390 g/mol. The van der Waals surface area contributed by atoms with Gasteiger partial charge < -0.3 is 24.4 Å². The Kier molecular flexibility index (Phi) is 7.49. The van der Waals surface area contributed by atoms with Gasteiger partial charge in [-0.1, -0.05) is 0 Å². The van der Waals surface area contributed by atoms with E-state index in [0.29, 0.717) is 23.8 Å². The molecule has 2 aromatic carbocycles. The van der Waals surface area contributed by atoms with E-state index in [2.05, 4.69) is 5.32 Å². The lowest BCUT2D eigenvalue weighted by molar-refractivity contribution is -0.120. The molecule has 0 bridgehead atoms. The van der Waals surface area contributed by atoms with Crippen molar-refractivity contribution in [1.82, 2.24) is 5.32 Å². The molecule has 0 aliphatic heterocycles. The van der Waals surface area contributed by atoms with Crippen molar-refractivity contribution in [2.45, 2.75) is 26.4 Å². The summed E-state index contributed by atoms with van der Waals surface area (Å²) in [6, 6.07) is 9.78. The molecule has 0 heterocycles. The quantitative estimate of drug-likeness (QED) is 0.711. The van der Waals surface area contributed by atoms with E-state index in [-0.39, 0.29) is 24.3 Å². The van der Waals surface area contributed by atoms with Gasteiger partial charge in [0.2, 0.25) is 11.7 Å². The minimum absolute atomic E-state index is 0.0809. The van der Waals surface area contributed by atoms with Crippen LogP contribution in [0.15, 0.2) is 36.4 Å². The van der Waals surface area contributed by atoms with Crippen molar-refractivity contribution in [1.29, 1.82) is 0 Å². The van der Waals surface area contributed by atoms with Crippen LogP contribution in [-0.2, 0) is 11.3 Å². The van der Waals surface area contributed by atoms with E-state index in [0.717, 1.165) is 11.3 Å². The highest BCUT2D eigenvalue weighted by atomic mass is 19.1. The van der Waals surface area contributed by atoms with Crippen LogP contribution >= 0.6 is 0 Å². The SMILES string of the molecule is COc1cc(CNC(=O)CN(c2ccc(F)cc2)C(C)C)cc(OC)c1OC. The van der Waals surface area contributed by atoms with E-state index in [1.165, 1.54) is 19.2 Å². The minimum atomic E-state index is -0.306. The maximum absolute atomic E-state index is 13.2. The van der Waals surface area contributed by atoms with Gasteiger partial charge in [-0.25, -0.2) is 4.39 Å². The second-order valence-corrected chi connectivity index (χ2v) is 6.51. The van der Waals surface area contributed by atoms with Crippen LogP contribution < -0.4 is 24.4 Å². The van der Waals surface area contributed by atoms with Crippen LogP contribution in [0, 0.1) is 5.82 Å². The number of halogens is 1. The molecule has 6 nitrogen and oxygen atoms in total.